The van der Waals surface area contributed by atoms with E-state index in [1.165, 1.54) is 0 Å². The molecule has 0 aliphatic carbocycles. The van der Waals surface area contributed by atoms with Crippen LogP contribution in [0.1, 0.15) is 25.0 Å². The molecule has 1 aromatic rings. The van der Waals surface area contributed by atoms with Gasteiger partial charge in [0.2, 0.25) is 0 Å². The number of aliphatic carboxylic acids is 1. The summed E-state index contributed by atoms with van der Waals surface area (Å²) in [6.07, 6.45) is 0.578. The maximum absolute atomic E-state index is 10.9. The Labute approximate surface area is 84.6 Å². The number of carbonyl (C=O) groups is 1. The molecule has 0 atom stereocenters. The topological polar surface area (TPSA) is 37.3 Å². The predicted octanol–water partition coefficient (Wildman–Crippen LogP) is 2.65. The summed E-state index contributed by atoms with van der Waals surface area (Å²) < 4.78 is 0. The second kappa shape index (κ2) is 3.82. The lowest BCUT2D eigenvalue weighted by Gasteiger charge is -2.20. The number of aryl methyl sites for hydroxylation is 1. The molecule has 0 bridgehead atoms. The van der Waals surface area contributed by atoms with E-state index in [1.54, 1.807) is 13.8 Å². The van der Waals surface area contributed by atoms with Crippen LogP contribution < -0.4 is 0 Å². The Hall–Kier alpha value is -1.31. The van der Waals surface area contributed by atoms with Gasteiger partial charge in [0.05, 0.1) is 5.41 Å². The molecule has 0 aliphatic heterocycles. The van der Waals surface area contributed by atoms with Crippen LogP contribution in [0.4, 0.5) is 0 Å². The molecular formula is C12H16O2. The fourth-order valence-electron chi connectivity index (χ4n) is 1.36. The van der Waals surface area contributed by atoms with E-state index in [4.69, 9.17) is 5.11 Å². The van der Waals surface area contributed by atoms with Gasteiger partial charge in [-0.1, -0.05) is 24.3 Å². The lowest BCUT2D eigenvalue weighted by atomic mass is 9.84. The van der Waals surface area contributed by atoms with E-state index in [-0.39, 0.29) is 0 Å². The van der Waals surface area contributed by atoms with E-state index in [0.29, 0.717) is 6.42 Å². The first-order chi connectivity index (χ1) is 6.43. The van der Waals surface area contributed by atoms with Crippen LogP contribution in [0.3, 0.4) is 0 Å². The van der Waals surface area contributed by atoms with E-state index in [9.17, 15) is 4.79 Å². The summed E-state index contributed by atoms with van der Waals surface area (Å²) in [5.41, 5.74) is 1.58. The Morgan fingerprint density at radius 3 is 2.43 bits per heavy atom. The molecule has 14 heavy (non-hydrogen) atoms. The van der Waals surface area contributed by atoms with Gasteiger partial charge in [0.15, 0.2) is 0 Å². The van der Waals surface area contributed by atoms with Crippen molar-refractivity contribution in [2.75, 3.05) is 0 Å². The lowest BCUT2D eigenvalue weighted by molar-refractivity contribution is -0.146. The summed E-state index contributed by atoms with van der Waals surface area (Å²) in [6.45, 7) is 5.51. The van der Waals surface area contributed by atoms with Gasteiger partial charge in [0, 0.05) is 0 Å². The number of hydrogen-bond donors (Lipinski definition) is 1. The first-order valence-electron chi connectivity index (χ1n) is 4.71. The highest BCUT2D eigenvalue weighted by molar-refractivity contribution is 5.74. The highest BCUT2D eigenvalue weighted by Crippen LogP contribution is 2.23. The van der Waals surface area contributed by atoms with Crippen LogP contribution >= 0.6 is 0 Å². The summed E-state index contributed by atoms with van der Waals surface area (Å²) in [7, 11) is 0. The largest absolute Gasteiger partial charge is 0.481 e. The Morgan fingerprint density at radius 1 is 1.36 bits per heavy atom. The van der Waals surface area contributed by atoms with E-state index >= 15 is 0 Å². The van der Waals surface area contributed by atoms with E-state index < -0.39 is 11.4 Å². The number of carboxylic acids is 1. The van der Waals surface area contributed by atoms with Crippen molar-refractivity contribution in [3.63, 3.8) is 0 Å². The summed E-state index contributed by atoms with van der Waals surface area (Å²) in [5.74, 6) is -0.749. The average Bonchev–Trinajstić information content (AvgIpc) is 2.08. The third kappa shape index (κ3) is 2.34. The summed E-state index contributed by atoms with van der Waals surface area (Å²) in [5, 5.41) is 8.99. The van der Waals surface area contributed by atoms with Gasteiger partial charge in [-0.05, 0) is 38.3 Å². The smallest absolute Gasteiger partial charge is 0.309 e. The quantitative estimate of drug-likeness (QED) is 0.799. The zero-order valence-electron chi connectivity index (χ0n) is 8.87. The molecular weight excluding hydrogens is 176 g/mol. The van der Waals surface area contributed by atoms with Crippen molar-refractivity contribution < 1.29 is 9.90 Å². The van der Waals surface area contributed by atoms with Gasteiger partial charge in [0.1, 0.15) is 0 Å². The maximum Gasteiger partial charge on any atom is 0.309 e. The molecule has 2 nitrogen and oxygen atoms in total. The van der Waals surface area contributed by atoms with Gasteiger partial charge in [-0.2, -0.15) is 0 Å². The van der Waals surface area contributed by atoms with Crippen molar-refractivity contribution in [1.82, 2.24) is 0 Å². The molecule has 0 aliphatic rings. The number of rotatable bonds is 3. The van der Waals surface area contributed by atoms with Crippen molar-refractivity contribution in [2.24, 2.45) is 5.41 Å². The maximum atomic E-state index is 10.9. The minimum Gasteiger partial charge on any atom is -0.481 e. The Balaban J connectivity index is 2.89. The first kappa shape index (κ1) is 10.8. The first-order valence-corrected chi connectivity index (χ1v) is 4.71. The van der Waals surface area contributed by atoms with Crippen LogP contribution in [0.2, 0.25) is 0 Å². The molecule has 1 aromatic carbocycles. The van der Waals surface area contributed by atoms with E-state index in [0.717, 1.165) is 11.1 Å². The molecule has 76 valence electrons. The molecule has 0 spiro atoms. The van der Waals surface area contributed by atoms with E-state index in [1.807, 2.05) is 31.2 Å². The number of benzene rings is 1. The van der Waals surface area contributed by atoms with Crippen molar-refractivity contribution in [1.29, 1.82) is 0 Å². The molecule has 1 N–H and O–H groups in total. The highest BCUT2D eigenvalue weighted by atomic mass is 16.4. The third-order valence-electron chi connectivity index (χ3n) is 2.47. The molecule has 0 saturated heterocycles. The molecule has 0 unspecified atom stereocenters. The summed E-state index contributed by atoms with van der Waals surface area (Å²) in [4.78, 5) is 10.9. The SMILES string of the molecule is Cc1ccccc1CC(C)(C)C(=O)O. The van der Waals surface area contributed by atoms with Crippen LogP contribution in [0.15, 0.2) is 24.3 Å². The lowest BCUT2D eigenvalue weighted by Crippen LogP contribution is -2.26. The van der Waals surface area contributed by atoms with Crippen molar-refractivity contribution in [2.45, 2.75) is 27.2 Å². The second-order valence-electron chi connectivity index (χ2n) is 4.29. The fraction of sp³-hybridized carbons (Fsp3) is 0.417. The van der Waals surface area contributed by atoms with Crippen LogP contribution in [0.5, 0.6) is 0 Å². The summed E-state index contributed by atoms with van der Waals surface area (Å²) >= 11 is 0. The van der Waals surface area contributed by atoms with E-state index in [2.05, 4.69) is 0 Å². The van der Waals surface area contributed by atoms with Crippen molar-refractivity contribution in [3.05, 3.63) is 35.4 Å². The molecule has 2 heteroatoms. The zero-order valence-corrected chi connectivity index (χ0v) is 8.87. The molecule has 0 amide bonds. The van der Waals surface area contributed by atoms with Gasteiger partial charge in [-0.3, -0.25) is 4.79 Å². The number of hydrogen-bond acceptors (Lipinski definition) is 1. The molecule has 0 radical (unpaired) electrons. The van der Waals surface area contributed by atoms with Gasteiger partial charge in [-0.15, -0.1) is 0 Å². The predicted molar refractivity (Wildman–Crippen MR) is 56.3 cm³/mol. The van der Waals surface area contributed by atoms with Gasteiger partial charge in [-0.25, -0.2) is 0 Å². The average molecular weight is 192 g/mol. The normalized spacial score (nSPS) is 11.4. The molecule has 0 heterocycles. The second-order valence-corrected chi connectivity index (χ2v) is 4.29. The monoisotopic (exact) mass is 192 g/mol. The molecule has 0 fully saturated rings. The highest BCUT2D eigenvalue weighted by Gasteiger charge is 2.27. The number of carboxylic acid groups (broad SMARTS) is 1. The summed E-state index contributed by atoms with van der Waals surface area (Å²) in [6, 6.07) is 7.90. The Morgan fingerprint density at radius 2 is 1.93 bits per heavy atom. The van der Waals surface area contributed by atoms with Crippen LogP contribution in [0.25, 0.3) is 0 Å². The van der Waals surface area contributed by atoms with Crippen molar-refractivity contribution in [3.8, 4) is 0 Å². The standard InChI is InChI=1S/C12H16O2/c1-9-6-4-5-7-10(9)8-12(2,3)11(13)14/h4-7H,8H2,1-3H3,(H,13,14). The van der Waals surface area contributed by atoms with Crippen LogP contribution in [-0.2, 0) is 11.2 Å². The van der Waals surface area contributed by atoms with Crippen LogP contribution in [0, 0.1) is 12.3 Å². The van der Waals surface area contributed by atoms with Gasteiger partial charge < -0.3 is 5.11 Å². The zero-order chi connectivity index (χ0) is 10.8. The fourth-order valence-corrected chi connectivity index (χ4v) is 1.36. The molecule has 0 saturated carbocycles. The minimum absolute atomic E-state index is 0.578. The van der Waals surface area contributed by atoms with Gasteiger partial charge in [0.25, 0.3) is 0 Å². The molecule has 0 aromatic heterocycles. The Kier molecular flexibility index (Phi) is 2.94. The Bertz CT molecular complexity index is 340. The minimum atomic E-state index is -0.749. The van der Waals surface area contributed by atoms with Gasteiger partial charge >= 0.3 is 5.97 Å². The van der Waals surface area contributed by atoms with Crippen molar-refractivity contribution >= 4 is 5.97 Å². The van der Waals surface area contributed by atoms with Crippen LogP contribution in [-0.4, -0.2) is 11.1 Å². The third-order valence-corrected chi connectivity index (χ3v) is 2.47. The molecule has 1 rings (SSSR count).